The first-order valence-corrected chi connectivity index (χ1v) is 52.4. The number of halogens is 1. The maximum Gasteiger partial charge on any atom is 0.215 e. The van der Waals surface area contributed by atoms with Crippen LogP contribution in [0.2, 0.25) is 0 Å². The predicted octanol–water partition coefficient (Wildman–Crippen LogP) is 11.3. The van der Waals surface area contributed by atoms with E-state index < -0.39 is 46.8 Å². The minimum absolute atomic E-state index is 0.0603. The zero-order chi connectivity index (χ0) is 89.8. The van der Waals surface area contributed by atoms with Crippen LogP contribution in [0.4, 0.5) is 27.1 Å². The Hall–Kier alpha value is -9.75. The highest BCUT2D eigenvalue weighted by Gasteiger charge is 2.41. The summed E-state index contributed by atoms with van der Waals surface area (Å²) < 4.78 is 127. The highest BCUT2D eigenvalue weighted by molar-refractivity contribution is 7.89. The molecule has 4 fully saturated rings. The molecule has 0 amide bonds. The van der Waals surface area contributed by atoms with Crippen LogP contribution in [0.25, 0.3) is 24.3 Å². The number of aromatic nitrogens is 12. The van der Waals surface area contributed by atoms with Gasteiger partial charge in [0.1, 0.15) is 32.0 Å². The molecule has 4 atom stereocenters. The van der Waals surface area contributed by atoms with Gasteiger partial charge in [-0.3, -0.25) is 9.97 Å². The molecule has 0 N–H and O–H groups in total. The molecule has 12 aliphatic rings. The van der Waals surface area contributed by atoms with Crippen molar-refractivity contribution in [2.24, 2.45) is 0 Å². The van der Waals surface area contributed by atoms with E-state index in [4.69, 9.17) is 29.4 Å². The number of ether oxygens (including phenoxy) is 2. The summed E-state index contributed by atoms with van der Waals surface area (Å²) in [6, 6.07) is 8.82. The van der Waals surface area contributed by atoms with Gasteiger partial charge in [0.05, 0.1) is 124 Å². The number of alkyl halides is 1. The molecule has 0 saturated carbocycles. The van der Waals surface area contributed by atoms with Crippen LogP contribution >= 0.6 is 0 Å². The molecule has 4 aliphatic carbocycles. The summed E-state index contributed by atoms with van der Waals surface area (Å²) in [4.78, 5) is 65.0. The third-order valence-electron chi connectivity index (χ3n) is 27.6. The molecule has 0 spiro atoms. The Balaban J connectivity index is 0.000000120. The van der Waals surface area contributed by atoms with Gasteiger partial charge in [0.25, 0.3) is 0 Å². The zero-order valence-electron chi connectivity index (χ0n) is 75.1. The van der Waals surface area contributed by atoms with Crippen molar-refractivity contribution < 1.29 is 47.5 Å². The Bertz CT molecular complexity index is 6150. The molecule has 8 aromatic heterocycles. The van der Waals surface area contributed by atoms with Crippen LogP contribution < -0.4 is 29.1 Å². The lowest BCUT2D eigenvalue weighted by atomic mass is 9.87. The van der Waals surface area contributed by atoms with Gasteiger partial charge in [-0.15, -0.1) is 0 Å². The topological polar surface area (TPSA) is 336 Å². The van der Waals surface area contributed by atoms with Crippen molar-refractivity contribution >= 4 is 87.1 Å². The molecular formula is C93H117FN20O10S4. The van der Waals surface area contributed by atoms with E-state index in [9.17, 15) is 38.1 Å². The number of allylic oxidation sites excluding steroid dienone is 4. The minimum atomic E-state index is -3.17. The lowest BCUT2D eigenvalue weighted by Crippen LogP contribution is -2.44. The van der Waals surface area contributed by atoms with E-state index in [1.807, 2.05) is 32.2 Å². The second-order valence-electron chi connectivity index (χ2n) is 36.6. The van der Waals surface area contributed by atoms with E-state index in [0.29, 0.717) is 83.1 Å². The number of methoxy groups -OCH3 is 1. The molecule has 35 heteroatoms. The highest BCUT2D eigenvalue weighted by atomic mass is 32.2. The lowest BCUT2D eigenvalue weighted by molar-refractivity contribution is 0.232. The summed E-state index contributed by atoms with van der Waals surface area (Å²) in [6.07, 6.45) is 43.3. The van der Waals surface area contributed by atoms with Crippen molar-refractivity contribution in [3.8, 4) is 11.8 Å². The first-order valence-electron chi connectivity index (χ1n) is 45.0. The van der Waals surface area contributed by atoms with Crippen molar-refractivity contribution in [3.05, 3.63) is 199 Å². The van der Waals surface area contributed by atoms with Crippen LogP contribution in [0.15, 0.2) is 85.8 Å². The Kier molecular flexibility index (Phi) is 26.2. The molecule has 30 nitrogen and oxygen atoms in total. The molecule has 0 bridgehead atoms. The first kappa shape index (κ1) is 90.2. The number of hydrogen-bond acceptors (Lipinski definition) is 26. The van der Waals surface area contributed by atoms with Crippen molar-refractivity contribution in [1.29, 1.82) is 0 Å². The molecule has 680 valence electrons. The van der Waals surface area contributed by atoms with Crippen LogP contribution in [0.5, 0.6) is 11.8 Å². The number of fused-ring (bicyclic) bond motifs is 8. The molecule has 16 heterocycles. The van der Waals surface area contributed by atoms with Gasteiger partial charge >= 0.3 is 0 Å². The van der Waals surface area contributed by atoms with Crippen LogP contribution in [0, 0.1) is 0 Å². The lowest BCUT2D eigenvalue weighted by Gasteiger charge is -2.39. The van der Waals surface area contributed by atoms with Crippen LogP contribution in [-0.2, 0) is 118 Å². The number of hydrogen-bond donors (Lipinski definition) is 0. The molecule has 1 unspecified atom stereocenters. The summed E-state index contributed by atoms with van der Waals surface area (Å²) in [6.45, 7) is 19.6. The molecule has 0 aromatic carbocycles. The van der Waals surface area contributed by atoms with E-state index in [1.165, 1.54) is 74.0 Å². The van der Waals surface area contributed by atoms with E-state index >= 15 is 0 Å². The average molecular weight is 1820 g/mol. The fourth-order valence-corrected chi connectivity index (χ4v) is 24.4. The molecule has 0 radical (unpaired) electrons. The minimum Gasteiger partial charge on any atom is -0.481 e. The second-order valence-corrected chi connectivity index (χ2v) is 44.5. The third-order valence-corrected chi connectivity index (χ3v) is 32.9. The van der Waals surface area contributed by atoms with Gasteiger partial charge < -0.3 is 29.1 Å². The first-order chi connectivity index (χ1) is 61.3. The fourth-order valence-electron chi connectivity index (χ4n) is 20.9. The smallest absolute Gasteiger partial charge is 0.215 e. The van der Waals surface area contributed by atoms with Gasteiger partial charge in [-0.05, 0) is 105 Å². The number of rotatable bonds is 16. The third kappa shape index (κ3) is 19.1. The van der Waals surface area contributed by atoms with E-state index in [1.54, 1.807) is 51.5 Å². The maximum absolute atomic E-state index is 14.1. The number of piperidine rings is 4. The molecule has 128 heavy (non-hydrogen) atoms. The fraction of sp³-hybridized carbons (Fsp3) is 0.527. The van der Waals surface area contributed by atoms with Crippen molar-refractivity contribution in [2.75, 3.05) is 111 Å². The van der Waals surface area contributed by atoms with Crippen molar-refractivity contribution in [2.45, 2.75) is 224 Å². The maximum atomic E-state index is 14.1. The van der Waals surface area contributed by atoms with Gasteiger partial charge in [0, 0.05) is 252 Å². The summed E-state index contributed by atoms with van der Waals surface area (Å²) in [5.41, 5.74) is 28.0. The van der Waals surface area contributed by atoms with Crippen molar-refractivity contribution in [3.63, 3.8) is 0 Å². The van der Waals surface area contributed by atoms with E-state index in [2.05, 4.69) is 142 Å². The summed E-state index contributed by atoms with van der Waals surface area (Å²) >= 11 is 0. The quantitative estimate of drug-likeness (QED) is 0.0867. The predicted molar refractivity (Wildman–Crippen MR) is 494 cm³/mol. The normalized spacial score (nSPS) is 21.6. The number of nitrogens with zero attached hydrogens (tertiary/aromatic N) is 20. The monoisotopic (exact) mass is 1820 g/mol. The standard InChI is InChI=1S/C25H33N5O3S.C23H29N5O3S.C23H29N5O2S.C22H26FN5O2S/c1-16(2)33-24-13-23(19-6-5-7-21(19)28-24)30-14-20-22(12-17(30)3)26-15-27-25(20)18-8-10-29(11-9-18)34(4,31)32;1-15-11-20-18(13-28(15)21-12-22(31-2)26-19-6-4-5-17(19)21)23(25-14-24-20)16-7-9-27(10-8-16)32(3,29)30;1-15-10-18-20(11-15)24-7-4-22(18)28-13-19-21(12-16(28)2)25-14-26-23(19)17-5-8-27(9-6-17)31(3,29)30;1-31(29,30)27-9-6-15(7-10-27)22-18-13-28(16(12-23)11-20(18)25-14-26-22)21-5-8-24-19-4-2-3-17(19)21/h5-6,13,15-18H,7-12,14H2,1-4H3;4-5,12,14-16H,6-11,13H2,1-3H3;4,7,10,14,16-17H,5-6,8-9,11-13H2,1-3H3;2-3,5,8,14-16H,4,6-7,9-13H2,1H3/t17-;15-;16-;/m111./s1. The van der Waals surface area contributed by atoms with Gasteiger partial charge in [-0.1, -0.05) is 48.1 Å². The molecular weight excluding hydrogens is 1700 g/mol. The van der Waals surface area contributed by atoms with Crippen LogP contribution in [-0.4, -0.2) is 232 Å². The summed E-state index contributed by atoms with van der Waals surface area (Å²) in [5.74, 6) is 2.25. The van der Waals surface area contributed by atoms with E-state index in [-0.39, 0.29) is 47.9 Å². The van der Waals surface area contributed by atoms with Gasteiger partial charge in [-0.2, -0.15) is 0 Å². The largest absolute Gasteiger partial charge is 0.481 e. The Morgan fingerprint density at radius 2 is 0.734 bits per heavy atom. The van der Waals surface area contributed by atoms with Gasteiger partial charge in [0.15, 0.2) is 0 Å². The number of anilines is 4. The molecule has 4 saturated heterocycles. The Labute approximate surface area is 752 Å². The number of pyridine rings is 4. The Morgan fingerprint density at radius 1 is 0.406 bits per heavy atom. The molecule has 8 aliphatic heterocycles. The SMILES string of the molecule is CC(C)Oc1cc(N2Cc3c(ncnc3C3CCN(S(C)(=O)=O)CC3)C[C@H]2C)c2c(n1)CC=C2.CC1=Cc2c(N3Cc4c(ncnc4C4CCN(S(C)(=O)=O)CC4)C[C@H]3C)ccnc2C1.COc1cc(N2Cc3c(ncnc3C3CCN(S(C)(=O)=O)CC3)C[C@H]2C)c2c(n1)CC=C2.CS(=O)(=O)N1CCC(c2ncnc3c2CN(c2ccnc4c2C=CC4)C(CF)C3)CC1. The van der Waals surface area contributed by atoms with Crippen molar-refractivity contribution in [1.82, 2.24) is 77.0 Å². The van der Waals surface area contributed by atoms with Gasteiger partial charge in [0.2, 0.25) is 51.9 Å². The number of sulfonamides is 4. The zero-order valence-corrected chi connectivity index (χ0v) is 78.3. The van der Waals surface area contributed by atoms with Gasteiger partial charge in [-0.25, -0.2) is 105 Å². The second kappa shape index (κ2) is 37.2. The average Bonchev–Trinajstić information content (AvgIpc) is 1.31. The van der Waals surface area contributed by atoms with Crippen LogP contribution in [0.3, 0.4) is 0 Å². The molecule has 20 rings (SSSR count). The summed E-state index contributed by atoms with van der Waals surface area (Å²) in [7, 11) is -10.9. The Morgan fingerprint density at radius 3 is 1.10 bits per heavy atom. The molecule has 8 aromatic rings. The van der Waals surface area contributed by atoms with Crippen LogP contribution in [0.1, 0.15) is 229 Å². The van der Waals surface area contributed by atoms with E-state index in [0.717, 1.165) is 212 Å². The summed E-state index contributed by atoms with van der Waals surface area (Å²) in [5, 5.41) is 0. The highest BCUT2D eigenvalue weighted by Crippen LogP contribution is 2.46.